The molecule has 2 aromatic rings. The summed E-state index contributed by atoms with van der Waals surface area (Å²) in [5, 5.41) is 14.6. The predicted octanol–water partition coefficient (Wildman–Crippen LogP) is 3.69. The van der Waals surface area contributed by atoms with Crippen molar-refractivity contribution in [3.05, 3.63) is 59.7 Å². The van der Waals surface area contributed by atoms with Crippen LogP contribution in [0.4, 0.5) is 0 Å². The molecule has 6 heteroatoms. The summed E-state index contributed by atoms with van der Waals surface area (Å²) in [5.74, 6) is 1.55. The molecule has 1 saturated heterocycles. The number of aliphatic hydroxyl groups is 1. The smallest absolute Gasteiger partial charge is 0.234 e. The van der Waals surface area contributed by atoms with Gasteiger partial charge in [0.05, 0.1) is 26.4 Å². The second-order valence-corrected chi connectivity index (χ2v) is 8.99. The Hall–Kier alpha value is -2.57. The number of carbonyl (C=O) groups is 1. The third-order valence-electron chi connectivity index (χ3n) is 7.11. The van der Waals surface area contributed by atoms with Gasteiger partial charge in [-0.05, 0) is 43.0 Å². The fourth-order valence-corrected chi connectivity index (χ4v) is 5.44. The molecule has 2 aromatic carbocycles. The Morgan fingerprint density at radius 1 is 1.12 bits per heavy atom. The zero-order chi connectivity index (χ0) is 22.6. The van der Waals surface area contributed by atoms with Crippen LogP contribution in [0.25, 0.3) is 0 Å². The molecule has 32 heavy (non-hydrogen) atoms. The fraction of sp³-hybridized carbons (Fsp3) is 0.500. The second-order valence-electron chi connectivity index (χ2n) is 8.99. The molecule has 1 amide bonds. The van der Waals surface area contributed by atoms with Crippen molar-refractivity contribution >= 4 is 5.91 Å². The first-order chi connectivity index (χ1) is 15.5. The van der Waals surface area contributed by atoms with Crippen LogP contribution in [0.3, 0.4) is 0 Å². The number of methoxy groups -OCH3 is 2. The van der Waals surface area contributed by atoms with Crippen LogP contribution in [-0.4, -0.2) is 48.8 Å². The normalized spacial score (nSPS) is 25.6. The van der Waals surface area contributed by atoms with Crippen LogP contribution in [-0.2, 0) is 11.3 Å². The molecule has 2 N–H and O–H groups in total. The van der Waals surface area contributed by atoms with Gasteiger partial charge in [0, 0.05) is 30.6 Å². The maximum atomic E-state index is 12.9. The molecule has 1 heterocycles. The van der Waals surface area contributed by atoms with Gasteiger partial charge < -0.3 is 19.9 Å². The molecular weight excluding hydrogens is 404 g/mol. The summed E-state index contributed by atoms with van der Waals surface area (Å²) < 4.78 is 11.2. The Balaban J connectivity index is 1.60. The molecule has 2 fully saturated rings. The zero-order valence-electron chi connectivity index (χ0n) is 19.0. The lowest BCUT2D eigenvalue weighted by atomic mass is 9.66. The summed E-state index contributed by atoms with van der Waals surface area (Å²) in [6.07, 6.45) is 4.57. The van der Waals surface area contributed by atoms with Crippen molar-refractivity contribution < 1.29 is 19.4 Å². The van der Waals surface area contributed by atoms with E-state index in [4.69, 9.17) is 9.47 Å². The number of nitrogens with zero attached hydrogens (tertiary/aromatic N) is 1. The van der Waals surface area contributed by atoms with Crippen LogP contribution in [0, 0.1) is 5.92 Å². The standard InChI is InChI=1S/C26H34N2O4/c1-31-20-11-12-23(32-2)21(16-20)25-22-10-6-7-13-26(22,30)14-15-28(25)18-24(29)27-17-19-8-4-3-5-9-19/h3-5,8-9,11-12,16,22,25,30H,6-7,10,13-15,17-18H2,1-2H3,(H,27,29)/t22-,25-,26+/m1/s1. The van der Waals surface area contributed by atoms with Crippen LogP contribution < -0.4 is 14.8 Å². The largest absolute Gasteiger partial charge is 0.497 e. The van der Waals surface area contributed by atoms with Crippen LogP contribution in [0.15, 0.2) is 48.5 Å². The number of likely N-dealkylation sites (tertiary alicyclic amines) is 1. The summed E-state index contributed by atoms with van der Waals surface area (Å²) in [6.45, 7) is 1.45. The van der Waals surface area contributed by atoms with Crippen molar-refractivity contribution in [2.75, 3.05) is 27.3 Å². The minimum absolute atomic E-state index is 0.0121. The van der Waals surface area contributed by atoms with E-state index >= 15 is 0 Å². The summed E-state index contributed by atoms with van der Waals surface area (Å²) in [6, 6.07) is 15.6. The lowest BCUT2D eigenvalue weighted by Gasteiger charge is -2.52. The third-order valence-corrected chi connectivity index (χ3v) is 7.11. The summed E-state index contributed by atoms with van der Waals surface area (Å²) in [5.41, 5.74) is 1.36. The number of hydrogen-bond acceptors (Lipinski definition) is 5. The molecule has 4 rings (SSSR count). The molecule has 0 aromatic heterocycles. The molecular formula is C26H34N2O4. The minimum Gasteiger partial charge on any atom is -0.497 e. The molecule has 6 nitrogen and oxygen atoms in total. The van der Waals surface area contributed by atoms with Gasteiger partial charge in [0.25, 0.3) is 0 Å². The van der Waals surface area contributed by atoms with E-state index in [1.54, 1.807) is 14.2 Å². The Kier molecular flexibility index (Phi) is 7.01. The molecule has 1 aliphatic carbocycles. The average molecular weight is 439 g/mol. The molecule has 0 unspecified atom stereocenters. The van der Waals surface area contributed by atoms with E-state index < -0.39 is 5.60 Å². The Morgan fingerprint density at radius 3 is 2.69 bits per heavy atom. The number of amides is 1. The van der Waals surface area contributed by atoms with E-state index in [0.29, 0.717) is 19.5 Å². The van der Waals surface area contributed by atoms with E-state index in [0.717, 1.165) is 48.3 Å². The quantitative estimate of drug-likeness (QED) is 0.690. The lowest BCUT2D eigenvalue weighted by Crippen LogP contribution is -2.56. The predicted molar refractivity (Wildman–Crippen MR) is 124 cm³/mol. The van der Waals surface area contributed by atoms with E-state index in [2.05, 4.69) is 10.2 Å². The maximum Gasteiger partial charge on any atom is 0.234 e. The fourth-order valence-electron chi connectivity index (χ4n) is 5.44. The topological polar surface area (TPSA) is 71.0 Å². The Bertz CT molecular complexity index is 919. The van der Waals surface area contributed by atoms with E-state index in [1.165, 1.54) is 0 Å². The monoisotopic (exact) mass is 438 g/mol. The number of piperidine rings is 1. The molecule has 172 valence electrons. The van der Waals surface area contributed by atoms with E-state index in [9.17, 15) is 9.90 Å². The number of ether oxygens (including phenoxy) is 2. The van der Waals surface area contributed by atoms with Gasteiger partial charge in [0.2, 0.25) is 5.91 Å². The Labute approximate surface area is 190 Å². The minimum atomic E-state index is -0.700. The van der Waals surface area contributed by atoms with Gasteiger partial charge in [-0.2, -0.15) is 0 Å². The van der Waals surface area contributed by atoms with Crippen molar-refractivity contribution in [3.8, 4) is 11.5 Å². The van der Waals surface area contributed by atoms with Gasteiger partial charge in [-0.15, -0.1) is 0 Å². The van der Waals surface area contributed by atoms with Crippen LogP contribution in [0.2, 0.25) is 0 Å². The van der Waals surface area contributed by atoms with E-state index in [-0.39, 0.29) is 24.4 Å². The van der Waals surface area contributed by atoms with Crippen molar-refractivity contribution in [1.29, 1.82) is 0 Å². The SMILES string of the molecule is COc1ccc(OC)c([C@@H]2[C@H]3CCCC[C@]3(O)CCN2CC(=O)NCc2ccccc2)c1. The highest BCUT2D eigenvalue weighted by atomic mass is 16.5. The summed E-state index contributed by atoms with van der Waals surface area (Å²) >= 11 is 0. The first-order valence-corrected chi connectivity index (χ1v) is 11.5. The first kappa shape index (κ1) is 22.6. The highest BCUT2D eigenvalue weighted by Gasteiger charge is 2.49. The van der Waals surface area contributed by atoms with Gasteiger partial charge in [0.15, 0.2) is 0 Å². The average Bonchev–Trinajstić information content (AvgIpc) is 2.83. The number of benzene rings is 2. The molecule has 0 bridgehead atoms. The Morgan fingerprint density at radius 2 is 1.94 bits per heavy atom. The highest BCUT2D eigenvalue weighted by molar-refractivity contribution is 5.78. The number of fused-ring (bicyclic) bond motifs is 1. The van der Waals surface area contributed by atoms with Gasteiger partial charge in [0.1, 0.15) is 11.5 Å². The highest BCUT2D eigenvalue weighted by Crippen LogP contribution is 2.51. The zero-order valence-corrected chi connectivity index (χ0v) is 19.0. The number of hydrogen-bond donors (Lipinski definition) is 2. The van der Waals surface area contributed by atoms with Crippen molar-refractivity contribution in [3.63, 3.8) is 0 Å². The van der Waals surface area contributed by atoms with Gasteiger partial charge >= 0.3 is 0 Å². The van der Waals surface area contributed by atoms with Crippen molar-refractivity contribution in [2.24, 2.45) is 5.92 Å². The molecule has 2 aliphatic rings. The third kappa shape index (κ3) is 4.76. The molecule has 3 atom stereocenters. The summed E-state index contributed by atoms with van der Waals surface area (Å²) in [4.78, 5) is 15.1. The van der Waals surface area contributed by atoms with Crippen LogP contribution in [0.5, 0.6) is 11.5 Å². The molecule has 1 saturated carbocycles. The van der Waals surface area contributed by atoms with Crippen molar-refractivity contribution in [2.45, 2.75) is 50.3 Å². The number of nitrogens with one attached hydrogen (secondary N) is 1. The van der Waals surface area contributed by atoms with Crippen molar-refractivity contribution in [1.82, 2.24) is 10.2 Å². The lowest BCUT2D eigenvalue weighted by molar-refractivity contribution is -0.138. The van der Waals surface area contributed by atoms with Crippen LogP contribution >= 0.6 is 0 Å². The first-order valence-electron chi connectivity index (χ1n) is 11.5. The molecule has 1 aliphatic heterocycles. The summed E-state index contributed by atoms with van der Waals surface area (Å²) in [7, 11) is 3.32. The number of carbonyl (C=O) groups excluding carboxylic acids is 1. The van der Waals surface area contributed by atoms with Gasteiger partial charge in [-0.25, -0.2) is 0 Å². The van der Waals surface area contributed by atoms with Crippen LogP contribution in [0.1, 0.15) is 49.3 Å². The second kappa shape index (κ2) is 9.92. The molecule has 0 spiro atoms. The number of rotatable bonds is 7. The van der Waals surface area contributed by atoms with Gasteiger partial charge in [-0.1, -0.05) is 43.2 Å². The molecule has 0 radical (unpaired) electrons. The van der Waals surface area contributed by atoms with E-state index in [1.807, 2.05) is 48.5 Å². The maximum absolute atomic E-state index is 12.9. The van der Waals surface area contributed by atoms with Gasteiger partial charge in [-0.3, -0.25) is 9.69 Å².